The maximum Gasteiger partial charge on any atom is 0.172 e. The number of carbonyl (C=O) groups excluding carboxylic acids is 1. The standard InChI is InChI=1S/C9H6F4O2/c1-15-3-5-8(12)6(10)4(2-14)7(11)9(5)13/h2H,3H2,1H3. The third-order valence-corrected chi connectivity index (χ3v) is 1.79. The molecule has 1 rings (SSSR count). The molecule has 0 heterocycles. The van der Waals surface area contributed by atoms with E-state index < -0.39 is 41.0 Å². The van der Waals surface area contributed by atoms with Crippen LogP contribution in [0.4, 0.5) is 17.6 Å². The topological polar surface area (TPSA) is 26.3 Å². The van der Waals surface area contributed by atoms with Crippen LogP contribution in [0.2, 0.25) is 0 Å². The minimum atomic E-state index is -1.71. The van der Waals surface area contributed by atoms with Crippen molar-refractivity contribution in [2.75, 3.05) is 7.11 Å². The number of halogens is 4. The average Bonchev–Trinajstić information content (AvgIpc) is 2.23. The van der Waals surface area contributed by atoms with Crippen molar-refractivity contribution in [1.82, 2.24) is 0 Å². The Balaban J connectivity index is 3.51. The normalized spacial score (nSPS) is 10.5. The second-order valence-electron chi connectivity index (χ2n) is 2.70. The molecular formula is C9H6F4O2. The summed E-state index contributed by atoms with van der Waals surface area (Å²) >= 11 is 0. The van der Waals surface area contributed by atoms with Gasteiger partial charge in [0.05, 0.1) is 17.7 Å². The van der Waals surface area contributed by atoms with Crippen LogP contribution in [0.15, 0.2) is 0 Å². The molecule has 0 bridgehead atoms. The van der Waals surface area contributed by atoms with Gasteiger partial charge < -0.3 is 4.74 Å². The fourth-order valence-corrected chi connectivity index (χ4v) is 1.07. The Kier molecular flexibility index (Phi) is 3.41. The summed E-state index contributed by atoms with van der Waals surface area (Å²) in [7, 11) is 1.11. The van der Waals surface area contributed by atoms with E-state index in [1.54, 1.807) is 0 Å². The summed E-state index contributed by atoms with van der Waals surface area (Å²) in [6.45, 7) is -0.620. The molecule has 0 saturated carbocycles. The molecule has 2 nitrogen and oxygen atoms in total. The number of rotatable bonds is 3. The van der Waals surface area contributed by atoms with Crippen molar-refractivity contribution in [3.63, 3.8) is 0 Å². The molecule has 1 aromatic rings. The van der Waals surface area contributed by atoms with E-state index in [1.807, 2.05) is 0 Å². The molecule has 0 fully saturated rings. The van der Waals surface area contributed by atoms with Gasteiger partial charge in [-0.2, -0.15) is 0 Å². The molecule has 0 aliphatic rings. The predicted octanol–water partition coefficient (Wildman–Crippen LogP) is 2.20. The second-order valence-corrected chi connectivity index (χ2v) is 2.70. The van der Waals surface area contributed by atoms with Gasteiger partial charge in [0.25, 0.3) is 0 Å². The van der Waals surface area contributed by atoms with Crippen molar-refractivity contribution >= 4 is 6.29 Å². The van der Waals surface area contributed by atoms with E-state index in [9.17, 15) is 22.4 Å². The van der Waals surface area contributed by atoms with E-state index in [0.29, 0.717) is 0 Å². The zero-order valence-electron chi connectivity index (χ0n) is 7.61. The van der Waals surface area contributed by atoms with Crippen LogP contribution in [0.5, 0.6) is 0 Å². The van der Waals surface area contributed by atoms with Crippen LogP contribution in [-0.2, 0) is 11.3 Å². The molecule has 1 aromatic carbocycles. The Labute approximate surface area is 82.5 Å². The van der Waals surface area contributed by atoms with Crippen LogP contribution in [0.1, 0.15) is 15.9 Å². The van der Waals surface area contributed by atoms with Crippen molar-refractivity contribution in [1.29, 1.82) is 0 Å². The Morgan fingerprint density at radius 1 is 1.07 bits per heavy atom. The highest BCUT2D eigenvalue weighted by Gasteiger charge is 2.24. The summed E-state index contributed by atoms with van der Waals surface area (Å²) < 4.78 is 56.4. The van der Waals surface area contributed by atoms with Gasteiger partial charge in [0.15, 0.2) is 29.6 Å². The third kappa shape index (κ3) is 1.85. The highest BCUT2D eigenvalue weighted by atomic mass is 19.2. The molecule has 0 saturated heterocycles. The quantitative estimate of drug-likeness (QED) is 0.445. The highest BCUT2D eigenvalue weighted by Crippen LogP contribution is 2.23. The molecule has 0 radical (unpaired) electrons. The number of carbonyl (C=O) groups is 1. The molecule has 0 aliphatic heterocycles. The summed E-state index contributed by atoms with van der Waals surface area (Å²) in [5, 5.41) is 0. The number of ether oxygens (including phenoxy) is 1. The van der Waals surface area contributed by atoms with Crippen LogP contribution in [0, 0.1) is 23.3 Å². The van der Waals surface area contributed by atoms with Crippen LogP contribution in [0.25, 0.3) is 0 Å². The second kappa shape index (κ2) is 4.39. The largest absolute Gasteiger partial charge is 0.380 e. The molecule has 0 unspecified atom stereocenters. The minimum absolute atomic E-state index is 0.284. The Bertz CT molecular complexity index is 375. The van der Waals surface area contributed by atoms with Crippen molar-refractivity contribution in [2.45, 2.75) is 6.61 Å². The first-order valence-corrected chi connectivity index (χ1v) is 3.83. The lowest BCUT2D eigenvalue weighted by Gasteiger charge is -2.07. The fourth-order valence-electron chi connectivity index (χ4n) is 1.07. The zero-order chi connectivity index (χ0) is 11.6. The maximum atomic E-state index is 13.1. The van der Waals surface area contributed by atoms with Crippen molar-refractivity contribution < 1.29 is 27.1 Å². The molecule has 82 valence electrons. The molecule has 6 heteroatoms. The monoisotopic (exact) mass is 222 g/mol. The van der Waals surface area contributed by atoms with Gasteiger partial charge in [0, 0.05) is 7.11 Å². The lowest BCUT2D eigenvalue weighted by atomic mass is 10.1. The van der Waals surface area contributed by atoms with Crippen molar-refractivity contribution in [3.8, 4) is 0 Å². The molecule has 0 aromatic heterocycles. The van der Waals surface area contributed by atoms with E-state index >= 15 is 0 Å². The van der Waals surface area contributed by atoms with Crippen LogP contribution in [0.3, 0.4) is 0 Å². The van der Waals surface area contributed by atoms with Gasteiger partial charge >= 0.3 is 0 Å². The first kappa shape index (κ1) is 11.6. The van der Waals surface area contributed by atoms with E-state index in [4.69, 9.17) is 0 Å². The number of hydrogen-bond donors (Lipinski definition) is 0. The Morgan fingerprint density at radius 3 is 1.87 bits per heavy atom. The van der Waals surface area contributed by atoms with E-state index in [1.165, 1.54) is 0 Å². The smallest absolute Gasteiger partial charge is 0.172 e. The molecule has 0 spiro atoms. The highest BCUT2D eigenvalue weighted by molar-refractivity contribution is 5.76. The van der Waals surface area contributed by atoms with Gasteiger partial charge in [0.2, 0.25) is 0 Å². The van der Waals surface area contributed by atoms with Gasteiger partial charge in [-0.3, -0.25) is 4.79 Å². The van der Waals surface area contributed by atoms with Gasteiger partial charge in [-0.25, -0.2) is 17.6 Å². The number of methoxy groups -OCH3 is 1. The third-order valence-electron chi connectivity index (χ3n) is 1.79. The fraction of sp³-hybridized carbons (Fsp3) is 0.222. The summed E-state index contributed by atoms with van der Waals surface area (Å²) in [4.78, 5) is 10.2. The number of hydrogen-bond acceptors (Lipinski definition) is 2. The average molecular weight is 222 g/mol. The maximum absolute atomic E-state index is 13.1. The first-order valence-electron chi connectivity index (χ1n) is 3.83. The molecule has 15 heavy (non-hydrogen) atoms. The lowest BCUT2D eigenvalue weighted by molar-refractivity contribution is 0.111. The lowest BCUT2D eigenvalue weighted by Crippen LogP contribution is -2.08. The summed E-state index contributed by atoms with van der Waals surface area (Å²) in [5.74, 6) is -6.65. The minimum Gasteiger partial charge on any atom is -0.380 e. The van der Waals surface area contributed by atoms with Gasteiger partial charge in [-0.15, -0.1) is 0 Å². The summed E-state index contributed by atoms with van der Waals surface area (Å²) in [5.41, 5.74) is -2.14. The molecule has 0 atom stereocenters. The summed E-state index contributed by atoms with van der Waals surface area (Å²) in [6.07, 6.45) is -0.284. The van der Waals surface area contributed by atoms with Crippen LogP contribution < -0.4 is 0 Å². The van der Waals surface area contributed by atoms with Gasteiger partial charge in [-0.1, -0.05) is 0 Å². The Hall–Kier alpha value is -1.43. The van der Waals surface area contributed by atoms with E-state index in [-0.39, 0.29) is 6.29 Å². The van der Waals surface area contributed by atoms with Crippen molar-refractivity contribution in [2.24, 2.45) is 0 Å². The predicted molar refractivity (Wildman–Crippen MR) is 42.4 cm³/mol. The number of benzene rings is 1. The molecular weight excluding hydrogens is 216 g/mol. The van der Waals surface area contributed by atoms with Crippen LogP contribution >= 0.6 is 0 Å². The van der Waals surface area contributed by atoms with Crippen LogP contribution in [-0.4, -0.2) is 13.4 Å². The van der Waals surface area contributed by atoms with E-state index in [0.717, 1.165) is 7.11 Å². The SMILES string of the molecule is COCc1c(F)c(F)c(C=O)c(F)c1F. The number of aldehydes is 1. The zero-order valence-corrected chi connectivity index (χ0v) is 7.61. The van der Waals surface area contributed by atoms with Crippen molar-refractivity contribution in [3.05, 3.63) is 34.4 Å². The van der Waals surface area contributed by atoms with Gasteiger partial charge in [-0.05, 0) is 0 Å². The van der Waals surface area contributed by atoms with E-state index in [2.05, 4.69) is 4.74 Å². The van der Waals surface area contributed by atoms with Gasteiger partial charge in [0.1, 0.15) is 0 Å². The molecule has 0 aliphatic carbocycles. The molecule has 0 N–H and O–H groups in total. The first-order chi connectivity index (χ1) is 7.04. The molecule has 0 amide bonds. The summed E-state index contributed by atoms with van der Waals surface area (Å²) in [6, 6.07) is 0. The Morgan fingerprint density at radius 2 is 1.53 bits per heavy atom.